The van der Waals surface area contributed by atoms with E-state index in [0.717, 1.165) is 4.90 Å². The molecule has 176 valence electrons. The molecule has 0 saturated carbocycles. The summed E-state index contributed by atoms with van der Waals surface area (Å²) in [5.41, 5.74) is 1.20. The smallest absolute Gasteiger partial charge is 0.335 e. The van der Waals surface area contributed by atoms with E-state index in [1.807, 2.05) is 0 Å². The van der Waals surface area contributed by atoms with Gasteiger partial charge in [-0.25, -0.2) is 14.5 Å². The number of urea groups is 1. The number of anilines is 1. The number of amides is 4. The molecule has 1 saturated heterocycles. The lowest BCUT2D eigenvalue weighted by atomic mass is 10.1. The van der Waals surface area contributed by atoms with Gasteiger partial charge in [-0.2, -0.15) is 0 Å². The molecule has 2 N–H and O–H groups in total. The molecule has 10 heteroatoms. The van der Waals surface area contributed by atoms with Crippen LogP contribution in [0.1, 0.15) is 21.5 Å². The van der Waals surface area contributed by atoms with Gasteiger partial charge in [-0.3, -0.25) is 14.9 Å². The summed E-state index contributed by atoms with van der Waals surface area (Å²) < 4.78 is 5.69. The van der Waals surface area contributed by atoms with Gasteiger partial charge in [0, 0.05) is 5.02 Å². The first-order valence-corrected chi connectivity index (χ1v) is 10.9. The van der Waals surface area contributed by atoms with Crippen LogP contribution in [-0.2, 0) is 16.2 Å². The molecule has 0 aliphatic carbocycles. The number of hydrogen-bond acceptors (Lipinski definition) is 5. The number of nitrogens with zero attached hydrogens (tertiary/aromatic N) is 1. The van der Waals surface area contributed by atoms with Crippen molar-refractivity contribution in [1.82, 2.24) is 5.32 Å². The van der Waals surface area contributed by atoms with E-state index >= 15 is 0 Å². The van der Waals surface area contributed by atoms with E-state index in [9.17, 15) is 19.2 Å². The van der Waals surface area contributed by atoms with Crippen molar-refractivity contribution < 1.29 is 29.0 Å². The van der Waals surface area contributed by atoms with Crippen molar-refractivity contribution in [3.05, 3.63) is 99.0 Å². The number of barbiturate groups is 1. The van der Waals surface area contributed by atoms with Gasteiger partial charge in [-0.15, -0.1) is 0 Å². The number of ether oxygens (including phenoxy) is 1. The SMILES string of the molecule is O=C1NC(=O)N(c2ccc(Cl)cc2Cl)C(=O)/C1=C/c1ccc(OCc2cccc(C(=O)O)c2)cc1. The van der Waals surface area contributed by atoms with Crippen LogP contribution in [-0.4, -0.2) is 28.9 Å². The van der Waals surface area contributed by atoms with Crippen LogP contribution in [0, 0.1) is 0 Å². The summed E-state index contributed by atoms with van der Waals surface area (Å²) in [6.45, 7) is 0.154. The molecule has 0 radical (unpaired) electrons. The number of benzene rings is 3. The van der Waals surface area contributed by atoms with Gasteiger partial charge >= 0.3 is 12.0 Å². The van der Waals surface area contributed by atoms with Gasteiger partial charge in [0.25, 0.3) is 11.8 Å². The number of rotatable bonds is 6. The van der Waals surface area contributed by atoms with Crippen molar-refractivity contribution in [3.8, 4) is 5.75 Å². The molecule has 8 nitrogen and oxygen atoms in total. The normalized spacial score (nSPS) is 14.7. The Morgan fingerprint density at radius 1 is 1.00 bits per heavy atom. The molecule has 3 aromatic carbocycles. The number of nitrogens with one attached hydrogen (secondary N) is 1. The lowest BCUT2D eigenvalue weighted by Crippen LogP contribution is -2.54. The van der Waals surface area contributed by atoms with Gasteiger partial charge in [0.05, 0.1) is 16.3 Å². The largest absolute Gasteiger partial charge is 0.489 e. The lowest BCUT2D eigenvalue weighted by Gasteiger charge is -2.27. The van der Waals surface area contributed by atoms with Gasteiger partial charge in [-0.05, 0) is 59.7 Å². The Hall–Kier alpha value is -4.14. The molecule has 3 aromatic rings. The Bertz CT molecular complexity index is 1380. The highest BCUT2D eigenvalue weighted by molar-refractivity contribution is 6.42. The maximum atomic E-state index is 13.0. The second-order valence-electron chi connectivity index (χ2n) is 7.42. The standard InChI is InChI=1S/C25H16Cl2N2O6/c26-17-6-9-21(20(27)12-17)29-23(31)19(22(30)28-25(29)34)11-14-4-7-18(8-5-14)35-13-15-2-1-3-16(10-15)24(32)33/h1-12H,13H2,(H,32,33)(H,28,30,34)/b19-11+. The second-order valence-corrected chi connectivity index (χ2v) is 8.26. The summed E-state index contributed by atoms with van der Waals surface area (Å²) in [7, 11) is 0. The summed E-state index contributed by atoms with van der Waals surface area (Å²) in [4.78, 5) is 49.6. The van der Waals surface area contributed by atoms with E-state index in [1.165, 1.54) is 36.4 Å². The molecular formula is C25H16Cl2N2O6. The van der Waals surface area contributed by atoms with E-state index in [1.54, 1.807) is 36.4 Å². The summed E-state index contributed by atoms with van der Waals surface area (Å²) in [5.74, 6) is -2.19. The number of aromatic carboxylic acids is 1. The summed E-state index contributed by atoms with van der Waals surface area (Å²) in [6.07, 6.45) is 1.35. The Balaban J connectivity index is 1.51. The molecule has 1 heterocycles. The number of carboxylic acids is 1. The minimum absolute atomic E-state index is 0.0742. The first-order valence-electron chi connectivity index (χ1n) is 10.1. The Morgan fingerprint density at radius 3 is 2.43 bits per heavy atom. The first kappa shape index (κ1) is 24.0. The Labute approximate surface area is 209 Å². The van der Waals surface area contributed by atoms with Crippen LogP contribution >= 0.6 is 23.2 Å². The molecule has 0 atom stereocenters. The van der Waals surface area contributed by atoms with Crippen molar-refractivity contribution in [1.29, 1.82) is 0 Å². The van der Waals surface area contributed by atoms with E-state index in [-0.39, 0.29) is 28.5 Å². The summed E-state index contributed by atoms with van der Waals surface area (Å²) in [6, 6.07) is 16.3. The van der Waals surface area contributed by atoms with Crippen molar-refractivity contribution in [3.63, 3.8) is 0 Å². The minimum Gasteiger partial charge on any atom is -0.489 e. The highest BCUT2D eigenvalue weighted by Crippen LogP contribution is 2.31. The van der Waals surface area contributed by atoms with Crippen LogP contribution in [0.2, 0.25) is 10.0 Å². The fraction of sp³-hybridized carbons (Fsp3) is 0.0400. The zero-order chi connectivity index (χ0) is 25.1. The first-order chi connectivity index (χ1) is 16.7. The summed E-state index contributed by atoms with van der Waals surface area (Å²) in [5, 5.41) is 11.6. The molecule has 0 spiro atoms. The van der Waals surface area contributed by atoms with Gasteiger partial charge in [-0.1, -0.05) is 47.5 Å². The maximum absolute atomic E-state index is 13.0. The van der Waals surface area contributed by atoms with Gasteiger partial charge in [0.2, 0.25) is 0 Å². The number of carboxylic acid groups (broad SMARTS) is 1. The minimum atomic E-state index is -1.02. The average molecular weight is 511 g/mol. The van der Waals surface area contributed by atoms with Crippen LogP contribution in [0.15, 0.2) is 72.3 Å². The van der Waals surface area contributed by atoms with Crippen LogP contribution in [0.25, 0.3) is 6.08 Å². The van der Waals surface area contributed by atoms with Crippen molar-refractivity contribution >= 4 is 58.8 Å². The number of carbonyl (C=O) groups is 4. The van der Waals surface area contributed by atoms with Crippen molar-refractivity contribution in [2.24, 2.45) is 0 Å². The molecule has 35 heavy (non-hydrogen) atoms. The molecule has 4 rings (SSSR count). The number of carbonyl (C=O) groups excluding carboxylic acids is 3. The van der Waals surface area contributed by atoms with Crippen molar-refractivity contribution in [2.45, 2.75) is 6.61 Å². The van der Waals surface area contributed by atoms with E-state index in [2.05, 4.69) is 5.32 Å². The maximum Gasteiger partial charge on any atom is 0.335 e. The highest BCUT2D eigenvalue weighted by Gasteiger charge is 2.37. The highest BCUT2D eigenvalue weighted by atomic mass is 35.5. The number of hydrogen-bond donors (Lipinski definition) is 2. The predicted molar refractivity (Wildman–Crippen MR) is 130 cm³/mol. The van der Waals surface area contributed by atoms with E-state index in [4.69, 9.17) is 33.0 Å². The number of halogens is 2. The Morgan fingerprint density at radius 2 is 1.74 bits per heavy atom. The van der Waals surface area contributed by atoms with Gasteiger partial charge in [0.15, 0.2) is 0 Å². The summed E-state index contributed by atoms with van der Waals surface area (Å²) >= 11 is 12.0. The average Bonchev–Trinajstić information content (AvgIpc) is 2.82. The van der Waals surface area contributed by atoms with Gasteiger partial charge in [0.1, 0.15) is 17.9 Å². The third-order valence-electron chi connectivity index (χ3n) is 5.02. The van der Waals surface area contributed by atoms with Crippen LogP contribution in [0.3, 0.4) is 0 Å². The number of imide groups is 2. The molecule has 1 fully saturated rings. The molecule has 4 amide bonds. The van der Waals surface area contributed by atoms with Crippen LogP contribution < -0.4 is 15.0 Å². The molecule has 0 aromatic heterocycles. The van der Waals surface area contributed by atoms with Crippen LogP contribution in [0.4, 0.5) is 10.5 Å². The fourth-order valence-corrected chi connectivity index (χ4v) is 3.82. The predicted octanol–water partition coefficient (Wildman–Crippen LogP) is 4.94. The van der Waals surface area contributed by atoms with Crippen LogP contribution in [0.5, 0.6) is 5.75 Å². The van der Waals surface area contributed by atoms with Crippen molar-refractivity contribution in [2.75, 3.05) is 4.90 Å². The lowest BCUT2D eigenvalue weighted by molar-refractivity contribution is -0.122. The molecule has 1 aliphatic heterocycles. The Kier molecular flexibility index (Phi) is 6.86. The molecule has 0 bridgehead atoms. The fourth-order valence-electron chi connectivity index (χ4n) is 3.33. The van der Waals surface area contributed by atoms with E-state index < -0.39 is 23.8 Å². The molecular weight excluding hydrogens is 495 g/mol. The zero-order valence-electron chi connectivity index (χ0n) is 17.8. The second kappa shape index (κ2) is 10.0. The zero-order valence-corrected chi connectivity index (χ0v) is 19.3. The molecule has 1 aliphatic rings. The molecule has 0 unspecified atom stereocenters. The quantitative estimate of drug-likeness (QED) is 0.358. The third kappa shape index (κ3) is 5.34. The topological polar surface area (TPSA) is 113 Å². The monoisotopic (exact) mass is 510 g/mol. The van der Waals surface area contributed by atoms with E-state index in [0.29, 0.717) is 21.9 Å². The van der Waals surface area contributed by atoms with Gasteiger partial charge < -0.3 is 9.84 Å². The third-order valence-corrected chi connectivity index (χ3v) is 5.56.